The van der Waals surface area contributed by atoms with Crippen molar-refractivity contribution in [1.82, 2.24) is 4.90 Å². The molecule has 0 N–H and O–H groups in total. The van der Waals surface area contributed by atoms with Gasteiger partial charge in [0.1, 0.15) is 5.76 Å². The first-order valence-electron chi connectivity index (χ1n) is 5.81. The zero-order valence-corrected chi connectivity index (χ0v) is 10.6. The third-order valence-electron chi connectivity index (χ3n) is 2.86. The molecule has 0 radical (unpaired) electrons. The van der Waals surface area contributed by atoms with Gasteiger partial charge in [-0.05, 0) is 31.4 Å². The fourth-order valence-electron chi connectivity index (χ4n) is 1.52. The van der Waals surface area contributed by atoms with Gasteiger partial charge in [-0.2, -0.15) is 0 Å². The van der Waals surface area contributed by atoms with Crippen LogP contribution in [-0.2, 0) is 4.79 Å². The molecule has 1 rings (SSSR count). The van der Waals surface area contributed by atoms with Crippen LogP contribution in [0.15, 0.2) is 22.8 Å². The van der Waals surface area contributed by atoms with Gasteiger partial charge in [0.25, 0.3) is 0 Å². The Morgan fingerprint density at radius 3 is 2.62 bits per heavy atom. The maximum atomic E-state index is 11.9. The number of hydrogen-bond acceptors (Lipinski definition) is 2. The molecule has 0 aliphatic carbocycles. The minimum atomic E-state index is 0.00895. The SMILES string of the molecule is CC(C)CCC(=O)N(C)C(C)c1ccco1. The molecule has 0 fully saturated rings. The van der Waals surface area contributed by atoms with E-state index in [0.717, 1.165) is 12.2 Å². The number of furan rings is 1. The van der Waals surface area contributed by atoms with Crippen molar-refractivity contribution >= 4 is 5.91 Å². The highest BCUT2D eigenvalue weighted by atomic mass is 16.3. The fraction of sp³-hybridized carbons (Fsp3) is 0.615. The van der Waals surface area contributed by atoms with Crippen LogP contribution in [0.3, 0.4) is 0 Å². The van der Waals surface area contributed by atoms with Gasteiger partial charge in [0.05, 0.1) is 12.3 Å². The van der Waals surface area contributed by atoms with Gasteiger partial charge in [-0.15, -0.1) is 0 Å². The second-order valence-electron chi connectivity index (χ2n) is 4.63. The summed E-state index contributed by atoms with van der Waals surface area (Å²) in [7, 11) is 1.83. The van der Waals surface area contributed by atoms with E-state index < -0.39 is 0 Å². The second kappa shape index (κ2) is 5.73. The van der Waals surface area contributed by atoms with Gasteiger partial charge in [-0.3, -0.25) is 4.79 Å². The summed E-state index contributed by atoms with van der Waals surface area (Å²) in [6.45, 7) is 6.23. The molecule has 3 nitrogen and oxygen atoms in total. The molecule has 0 aromatic carbocycles. The maximum absolute atomic E-state index is 11.9. The predicted octanol–water partition coefficient (Wildman–Crippen LogP) is 3.24. The molecule has 0 bridgehead atoms. The Bertz CT molecular complexity index is 317. The summed E-state index contributed by atoms with van der Waals surface area (Å²) >= 11 is 0. The van der Waals surface area contributed by atoms with Gasteiger partial charge in [0, 0.05) is 13.5 Å². The van der Waals surface area contributed by atoms with Crippen molar-refractivity contribution in [1.29, 1.82) is 0 Å². The Labute approximate surface area is 97.4 Å². The van der Waals surface area contributed by atoms with Crippen LogP contribution in [0, 0.1) is 5.92 Å². The predicted molar refractivity (Wildman–Crippen MR) is 64.0 cm³/mol. The summed E-state index contributed by atoms with van der Waals surface area (Å²) in [5.41, 5.74) is 0. The topological polar surface area (TPSA) is 33.5 Å². The smallest absolute Gasteiger partial charge is 0.222 e. The molecule has 1 unspecified atom stereocenters. The lowest BCUT2D eigenvalue weighted by atomic mass is 10.1. The van der Waals surface area contributed by atoms with Gasteiger partial charge in [0.15, 0.2) is 0 Å². The van der Waals surface area contributed by atoms with Crippen molar-refractivity contribution in [2.45, 2.75) is 39.7 Å². The Hall–Kier alpha value is -1.25. The first-order chi connectivity index (χ1) is 7.52. The molecule has 0 aliphatic heterocycles. The third kappa shape index (κ3) is 3.40. The van der Waals surface area contributed by atoms with Crippen molar-refractivity contribution in [2.24, 2.45) is 5.92 Å². The van der Waals surface area contributed by atoms with E-state index in [9.17, 15) is 4.79 Å². The summed E-state index contributed by atoms with van der Waals surface area (Å²) < 4.78 is 5.30. The number of carbonyl (C=O) groups excluding carboxylic acids is 1. The Balaban J connectivity index is 2.50. The van der Waals surface area contributed by atoms with Gasteiger partial charge >= 0.3 is 0 Å². The molecule has 1 amide bonds. The van der Waals surface area contributed by atoms with Crippen LogP contribution in [0.25, 0.3) is 0 Å². The first kappa shape index (κ1) is 12.8. The average molecular weight is 223 g/mol. The molecule has 1 aromatic heterocycles. The van der Waals surface area contributed by atoms with Crippen molar-refractivity contribution in [3.8, 4) is 0 Å². The first-order valence-corrected chi connectivity index (χ1v) is 5.81. The average Bonchev–Trinajstić information content (AvgIpc) is 2.77. The second-order valence-corrected chi connectivity index (χ2v) is 4.63. The Morgan fingerprint density at radius 1 is 1.44 bits per heavy atom. The quantitative estimate of drug-likeness (QED) is 0.767. The third-order valence-corrected chi connectivity index (χ3v) is 2.86. The Morgan fingerprint density at radius 2 is 2.12 bits per heavy atom. The number of carbonyl (C=O) groups is 1. The normalized spacial score (nSPS) is 12.8. The minimum Gasteiger partial charge on any atom is -0.467 e. The molecule has 0 saturated heterocycles. The van der Waals surface area contributed by atoms with Crippen LogP contribution in [0.4, 0.5) is 0 Å². The van der Waals surface area contributed by atoms with Crippen LogP contribution in [0.2, 0.25) is 0 Å². The summed E-state index contributed by atoms with van der Waals surface area (Å²) in [4.78, 5) is 13.6. The number of nitrogens with zero attached hydrogens (tertiary/aromatic N) is 1. The molecular formula is C13H21NO2. The monoisotopic (exact) mass is 223 g/mol. The van der Waals surface area contributed by atoms with Crippen LogP contribution < -0.4 is 0 Å². The highest BCUT2D eigenvalue weighted by Crippen LogP contribution is 2.20. The van der Waals surface area contributed by atoms with Crippen LogP contribution in [-0.4, -0.2) is 17.9 Å². The van der Waals surface area contributed by atoms with Crippen molar-refractivity contribution < 1.29 is 9.21 Å². The lowest BCUT2D eigenvalue weighted by Crippen LogP contribution is -2.29. The molecule has 0 spiro atoms. The summed E-state index contributed by atoms with van der Waals surface area (Å²) in [6.07, 6.45) is 3.19. The van der Waals surface area contributed by atoms with Crippen molar-refractivity contribution in [3.63, 3.8) is 0 Å². The maximum Gasteiger partial charge on any atom is 0.222 e. The van der Waals surface area contributed by atoms with E-state index in [2.05, 4.69) is 13.8 Å². The van der Waals surface area contributed by atoms with Gasteiger partial charge in [-0.25, -0.2) is 0 Å². The number of rotatable bonds is 5. The molecular weight excluding hydrogens is 202 g/mol. The lowest BCUT2D eigenvalue weighted by molar-refractivity contribution is -0.132. The van der Waals surface area contributed by atoms with E-state index >= 15 is 0 Å². The number of amides is 1. The largest absolute Gasteiger partial charge is 0.467 e. The Kier molecular flexibility index (Phi) is 4.59. The van der Waals surface area contributed by atoms with Crippen molar-refractivity contribution in [2.75, 3.05) is 7.05 Å². The highest BCUT2D eigenvalue weighted by Gasteiger charge is 2.19. The molecule has 1 aromatic rings. The molecule has 16 heavy (non-hydrogen) atoms. The van der Waals surface area contributed by atoms with Gasteiger partial charge in [-0.1, -0.05) is 13.8 Å². The van der Waals surface area contributed by atoms with Crippen LogP contribution >= 0.6 is 0 Å². The molecule has 1 heterocycles. The molecule has 90 valence electrons. The molecule has 0 aliphatic rings. The van der Waals surface area contributed by atoms with Crippen LogP contribution in [0.1, 0.15) is 45.4 Å². The van der Waals surface area contributed by atoms with E-state index in [4.69, 9.17) is 4.42 Å². The van der Waals surface area contributed by atoms with E-state index in [1.807, 2.05) is 26.1 Å². The lowest BCUT2D eigenvalue weighted by Gasteiger charge is -2.23. The zero-order valence-electron chi connectivity index (χ0n) is 10.6. The molecule has 1 atom stereocenters. The molecule has 0 saturated carbocycles. The molecule has 3 heteroatoms. The zero-order chi connectivity index (χ0) is 12.1. The van der Waals surface area contributed by atoms with Crippen LogP contribution in [0.5, 0.6) is 0 Å². The minimum absolute atomic E-state index is 0.00895. The number of hydrogen-bond donors (Lipinski definition) is 0. The van der Waals surface area contributed by atoms with Gasteiger partial charge < -0.3 is 9.32 Å². The van der Waals surface area contributed by atoms with E-state index in [1.54, 1.807) is 11.2 Å². The fourth-order valence-corrected chi connectivity index (χ4v) is 1.52. The van der Waals surface area contributed by atoms with Gasteiger partial charge in [0.2, 0.25) is 5.91 Å². The van der Waals surface area contributed by atoms with Crippen molar-refractivity contribution in [3.05, 3.63) is 24.2 Å². The highest BCUT2D eigenvalue weighted by molar-refractivity contribution is 5.76. The summed E-state index contributed by atoms with van der Waals surface area (Å²) in [5, 5.41) is 0. The van der Waals surface area contributed by atoms with E-state index in [1.165, 1.54) is 0 Å². The van der Waals surface area contributed by atoms with E-state index in [0.29, 0.717) is 12.3 Å². The standard InChI is InChI=1S/C13H21NO2/c1-10(2)7-8-13(15)14(4)11(3)12-6-5-9-16-12/h5-6,9-11H,7-8H2,1-4H3. The summed E-state index contributed by atoms with van der Waals surface area (Å²) in [5.74, 6) is 1.58. The summed E-state index contributed by atoms with van der Waals surface area (Å²) in [6, 6.07) is 3.75. The van der Waals surface area contributed by atoms with E-state index in [-0.39, 0.29) is 11.9 Å².